The van der Waals surface area contributed by atoms with Crippen molar-refractivity contribution >= 4 is 5.97 Å². The number of piperidine rings is 1. The number of hydrogen-bond acceptors (Lipinski definition) is 6. The number of esters is 1. The number of nitrogens with zero attached hydrogens (tertiary/aromatic N) is 1. The zero-order chi connectivity index (χ0) is 26.2. The average Bonchev–Trinajstić information content (AvgIpc) is 2.81. The van der Waals surface area contributed by atoms with Crippen LogP contribution in [0.3, 0.4) is 0 Å². The van der Waals surface area contributed by atoms with Crippen LogP contribution in [0.15, 0.2) is 0 Å². The summed E-state index contributed by atoms with van der Waals surface area (Å²) in [4.78, 5) is 15.3. The molecular weight excluding hydrogens is 452 g/mol. The Labute approximate surface area is 221 Å². The minimum absolute atomic E-state index is 0.0499. The molecule has 7 atom stereocenters. The molecule has 6 heteroatoms. The summed E-state index contributed by atoms with van der Waals surface area (Å²) in [6.07, 6.45) is 11.0. The Morgan fingerprint density at radius 3 is 2.31 bits per heavy atom. The lowest BCUT2D eigenvalue weighted by Crippen LogP contribution is -2.59. The van der Waals surface area contributed by atoms with E-state index in [0.29, 0.717) is 24.4 Å². The van der Waals surface area contributed by atoms with Crippen molar-refractivity contribution in [3.63, 3.8) is 0 Å². The van der Waals surface area contributed by atoms with Crippen molar-refractivity contribution in [1.29, 1.82) is 0 Å². The van der Waals surface area contributed by atoms with Crippen molar-refractivity contribution in [3.05, 3.63) is 0 Å². The third-order valence-electron chi connectivity index (χ3n) is 8.48. The minimum Gasteiger partial charge on any atom is -0.465 e. The van der Waals surface area contributed by atoms with E-state index in [1.165, 1.54) is 25.7 Å². The van der Waals surface area contributed by atoms with Crippen molar-refractivity contribution in [2.75, 3.05) is 39.4 Å². The number of hydrogen-bond donors (Lipinski definition) is 1. The number of ether oxygens (including phenoxy) is 3. The molecule has 3 heterocycles. The van der Waals surface area contributed by atoms with Gasteiger partial charge in [0.2, 0.25) is 0 Å². The predicted octanol–water partition coefficient (Wildman–Crippen LogP) is 5.99. The maximum atomic E-state index is 12.7. The summed E-state index contributed by atoms with van der Waals surface area (Å²) in [7, 11) is 0. The van der Waals surface area contributed by atoms with Crippen molar-refractivity contribution in [2.24, 2.45) is 29.6 Å². The first-order valence-corrected chi connectivity index (χ1v) is 15.1. The van der Waals surface area contributed by atoms with Gasteiger partial charge in [0.1, 0.15) is 5.72 Å². The fourth-order valence-corrected chi connectivity index (χ4v) is 6.91. The number of rotatable bonds is 4. The summed E-state index contributed by atoms with van der Waals surface area (Å²) in [5.41, 5.74) is -0.546. The van der Waals surface area contributed by atoms with Crippen LogP contribution in [0.1, 0.15) is 106 Å². The zero-order valence-corrected chi connectivity index (χ0v) is 24.3. The van der Waals surface area contributed by atoms with Crippen molar-refractivity contribution in [1.82, 2.24) is 10.2 Å². The number of nitrogens with one attached hydrogen (secondary N) is 1. The molecule has 3 saturated heterocycles. The van der Waals surface area contributed by atoms with Gasteiger partial charge in [-0.3, -0.25) is 15.0 Å². The van der Waals surface area contributed by atoms with E-state index in [1.807, 2.05) is 6.92 Å². The molecule has 0 bridgehead atoms. The van der Waals surface area contributed by atoms with Gasteiger partial charge in [-0.1, -0.05) is 41.0 Å². The molecule has 3 aliphatic heterocycles. The molecule has 210 valence electrons. The summed E-state index contributed by atoms with van der Waals surface area (Å²) in [5, 5.41) is 3.85. The number of carbonyl (C=O) groups is 1. The van der Waals surface area contributed by atoms with Gasteiger partial charge in [-0.15, -0.1) is 0 Å². The van der Waals surface area contributed by atoms with E-state index in [0.717, 1.165) is 71.3 Å². The van der Waals surface area contributed by atoms with Crippen LogP contribution in [0.2, 0.25) is 0 Å². The lowest BCUT2D eigenvalue weighted by atomic mass is 9.85. The summed E-state index contributed by atoms with van der Waals surface area (Å²) in [6.45, 7) is 18.6. The van der Waals surface area contributed by atoms with E-state index in [4.69, 9.17) is 14.2 Å². The third kappa shape index (κ3) is 9.56. The Balaban J connectivity index is 1.76. The standard InChI is InChI=1S/C30H56N2O4/c1-23-16-24(2)18-27(5)28(33)34-21-26(4)19-29(6,31-20-25(3)17-23)36-30(12-8-11-15-35-30)22-32-13-9-7-10-14-32/h23-27,31H,7-22H2,1-6H3. The Hall–Kier alpha value is -0.690. The maximum absolute atomic E-state index is 12.7. The third-order valence-corrected chi connectivity index (χ3v) is 8.48. The SMILES string of the molecule is CC1CNC(C)(OC2(CN3CCCCC3)CCCCO2)CC(C)COC(=O)C(C)CC(C)CC(C)C1. The second-order valence-electron chi connectivity index (χ2n) is 13.1. The highest BCUT2D eigenvalue weighted by molar-refractivity contribution is 5.71. The predicted molar refractivity (Wildman–Crippen MR) is 146 cm³/mol. The molecular formula is C30H56N2O4. The van der Waals surface area contributed by atoms with E-state index < -0.39 is 11.5 Å². The van der Waals surface area contributed by atoms with Crippen LogP contribution >= 0.6 is 0 Å². The largest absolute Gasteiger partial charge is 0.465 e. The van der Waals surface area contributed by atoms with Gasteiger partial charge in [0.05, 0.1) is 25.7 Å². The number of cyclic esters (lactones) is 1. The first kappa shape index (κ1) is 29.9. The van der Waals surface area contributed by atoms with Gasteiger partial charge in [0.15, 0.2) is 5.79 Å². The van der Waals surface area contributed by atoms with Crippen LogP contribution in [0.5, 0.6) is 0 Å². The average molecular weight is 509 g/mol. The number of likely N-dealkylation sites (tertiary alicyclic amines) is 1. The van der Waals surface area contributed by atoms with E-state index in [-0.39, 0.29) is 17.8 Å². The van der Waals surface area contributed by atoms with Gasteiger partial charge >= 0.3 is 5.97 Å². The molecule has 0 aromatic carbocycles. The fourth-order valence-electron chi connectivity index (χ4n) is 6.91. The highest BCUT2D eigenvalue weighted by Crippen LogP contribution is 2.35. The summed E-state index contributed by atoms with van der Waals surface area (Å²) >= 11 is 0. The summed E-state index contributed by atoms with van der Waals surface area (Å²) < 4.78 is 19.4. The van der Waals surface area contributed by atoms with Gasteiger partial charge < -0.3 is 14.2 Å². The van der Waals surface area contributed by atoms with Crippen LogP contribution in [0.4, 0.5) is 0 Å². The maximum Gasteiger partial charge on any atom is 0.308 e. The van der Waals surface area contributed by atoms with Gasteiger partial charge in [0.25, 0.3) is 0 Å². The van der Waals surface area contributed by atoms with Crippen LogP contribution in [-0.2, 0) is 19.0 Å². The van der Waals surface area contributed by atoms with E-state index >= 15 is 0 Å². The quantitative estimate of drug-likeness (QED) is 0.471. The molecule has 0 saturated carbocycles. The smallest absolute Gasteiger partial charge is 0.308 e. The molecule has 0 radical (unpaired) electrons. The fraction of sp³-hybridized carbons (Fsp3) is 0.967. The molecule has 3 aliphatic rings. The molecule has 6 nitrogen and oxygen atoms in total. The van der Waals surface area contributed by atoms with Crippen LogP contribution < -0.4 is 5.32 Å². The zero-order valence-electron chi connectivity index (χ0n) is 24.3. The van der Waals surface area contributed by atoms with Crippen molar-refractivity contribution in [2.45, 2.75) is 117 Å². The highest BCUT2D eigenvalue weighted by Gasteiger charge is 2.43. The molecule has 3 rings (SSSR count). The van der Waals surface area contributed by atoms with Crippen LogP contribution in [-0.4, -0.2) is 61.8 Å². The van der Waals surface area contributed by atoms with E-state index in [2.05, 4.69) is 44.8 Å². The lowest BCUT2D eigenvalue weighted by molar-refractivity contribution is -0.316. The minimum atomic E-state index is -0.572. The Morgan fingerprint density at radius 1 is 0.917 bits per heavy atom. The van der Waals surface area contributed by atoms with Crippen LogP contribution in [0.25, 0.3) is 0 Å². The molecule has 0 aromatic heterocycles. The molecule has 36 heavy (non-hydrogen) atoms. The molecule has 3 fully saturated rings. The molecule has 0 aliphatic carbocycles. The number of carbonyl (C=O) groups excluding carboxylic acids is 1. The molecule has 0 amide bonds. The monoisotopic (exact) mass is 508 g/mol. The molecule has 1 N–H and O–H groups in total. The Kier molecular flexibility index (Phi) is 11.5. The van der Waals surface area contributed by atoms with Gasteiger partial charge in [-0.25, -0.2) is 0 Å². The lowest BCUT2D eigenvalue weighted by Gasteiger charge is -2.47. The second-order valence-corrected chi connectivity index (χ2v) is 13.1. The van der Waals surface area contributed by atoms with Gasteiger partial charge in [0, 0.05) is 13.0 Å². The van der Waals surface area contributed by atoms with Crippen molar-refractivity contribution < 1.29 is 19.0 Å². The Bertz CT molecular complexity index is 661. The second kappa shape index (κ2) is 13.9. The first-order chi connectivity index (χ1) is 17.1. The van der Waals surface area contributed by atoms with E-state index in [9.17, 15) is 4.79 Å². The first-order valence-electron chi connectivity index (χ1n) is 15.1. The topological polar surface area (TPSA) is 60.0 Å². The van der Waals surface area contributed by atoms with Crippen LogP contribution in [0, 0.1) is 29.6 Å². The molecule has 0 aromatic rings. The summed E-state index contributed by atoms with van der Waals surface area (Å²) in [5.74, 6) is 1.21. The van der Waals surface area contributed by atoms with Gasteiger partial charge in [-0.05, 0) is 95.1 Å². The highest BCUT2D eigenvalue weighted by atomic mass is 16.7. The summed E-state index contributed by atoms with van der Waals surface area (Å²) in [6, 6.07) is 0. The molecule has 0 spiro atoms. The van der Waals surface area contributed by atoms with Gasteiger partial charge in [-0.2, -0.15) is 0 Å². The van der Waals surface area contributed by atoms with Crippen molar-refractivity contribution in [3.8, 4) is 0 Å². The Morgan fingerprint density at radius 2 is 1.61 bits per heavy atom. The normalized spacial score (nSPS) is 41.2. The molecule has 7 unspecified atom stereocenters. The van der Waals surface area contributed by atoms with E-state index in [1.54, 1.807) is 0 Å².